The van der Waals surface area contributed by atoms with E-state index >= 15 is 0 Å². The first-order valence-electron chi connectivity index (χ1n) is 10.7. The molecule has 1 atom stereocenters. The lowest BCUT2D eigenvalue weighted by Crippen LogP contribution is -2.53. The molecule has 2 amide bonds. The van der Waals surface area contributed by atoms with Gasteiger partial charge in [0.1, 0.15) is 12.5 Å². The lowest BCUT2D eigenvalue weighted by molar-refractivity contribution is -0.155. The number of amides is 2. The number of carbonyl (C=O) groups is 3. The Bertz CT molecular complexity index is 1030. The predicted molar refractivity (Wildman–Crippen MR) is 134 cm³/mol. The zero-order valence-corrected chi connectivity index (χ0v) is 20.4. The van der Waals surface area contributed by atoms with Gasteiger partial charge in [-0.1, -0.05) is 53.5 Å². The third-order valence-corrected chi connectivity index (χ3v) is 5.25. The van der Waals surface area contributed by atoms with E-state index in [2.05, 4.69) is 15.7 Å². The van der Waals surface area contributed by atoms with Crippen LogP contribution in [0.2, 0.25) is 10.0 Å². The molecule has 0 saturated heterocycles. The molecule has 35 heavy (non-hydrogen) atoms. The van der Waals surface area contributed by atoms with Gasteiger partial charge < -0.3 is 21.9 Å². The Kier molecular flexibility index (Phi) is 11.3. The normalized spacial score (nSPS) is 11.4. The Morgan fingerprint density at radius 1 is 1.00 bits per heavy atom. The first kappa shape index (κ1) is 27.9. The molecule has 0 saturated carbocycles. The van der Waals surface area contributed by atoms with Crippen molar-refractivity contribution in [2.45, 2.75) is 38.4 Å². The van der Waals surface area contributed by atoms with E-state index in [9.17, 15) is 19.5 Å². The maximum absolute atomic E-state index is 13.0. The molecule has 0 bridgehead atoms. The smallest absolute Gasteiger partial charge is 0.328 e. The molecule has 10 nitrogen and oxygen atoms in total. The van der Waals surface area contributed by atoms with E-state index in [1.165, 1.54) is 0 Å². The number of aliphatic carboxylic acids is 1. The number of carbonyl (C=O) groups excluding carboxylic acids is 2. The Hall–Kier alpha value is -3.34. The number of carboxylic acids is 1. The third-order valence-electron chi connectivity index (χ3n) is 4.82. The number of carboxylic acid groups (broad SMARTS) is 1. The molecule has 0 fully saturated rings. The minimum Gasteiger partial charge on any atom is -0.480 e. The molecule has 0 aliphatic carbocycles. The number of hydrazine groups is 1. The third kappa shape index (κ3) is 10.2. The summed E-state index contributed by atoms with van der Waals surface area (Å²) in [6.07, 6.45) is -0.204. The highest BCUT2D eigenvalue weighted by Gasteiger charge is 2.30. The van der Waals surface area contributed by atoms with Crippen LogP contribution in [0.25, 0.3) is 0 Å². The topological polar surface area (TPSA) is 163 Å². The van der Waals surface area contributed by atoms with E-state index in [1.807, 2.05) is 30.3 Å². The van der Waals surface area contributed by atoms with Gasteiger partial charge in [0.2, 0.25) is 11.8 Å². The van der Waals surface area contributed by atoms with E-state index in [-0.39, 0.29) is 32.0 Å². The summed E-state index contributed by atoms with van der Waals surface area (Å²) >= 11 is 12.1. The van der Waals surface area contributed by atoms with Gasteiger partial charge in [-0.25, -0.2) is 10.2 Å². The number of nitrogens with two attached hydrogens (primary N) is 2. The highest BCUT2D eigenvalue weighted by Crippen LogP contribution is 2.19. The van der Waals surface area contributed by atoms with Crippen LogP contribution in [0, 0.1) is 0 Å². The summed E-state index contributed by atoms with van der Waals surface area (Å²) in [6, 6.07) is 12.7. The van der Waals surface area contributed by atoms with Crippen molar-refractivity contribution >= 4 is 46.9 Å². The predicted octanol–water partition coefficient (Wildman–Crippen LogP) is 2.04. The lowest BCUT2D eigenvalue weighted by Gasteiger charge is -2.29. The fraction of sp³-hybridized carbons (Fsp3) is 0.304. The monoisotopic (exact) mass is 522 g/mol. The van der Waals surface area contributed by atoms with Crippen LogP contribution < -0.4 is 22.2 Å². The number of guanidine groups is 1. The molecule has 2 aromatic rings. The van der Waals surface area contributed by atoms with Gasteiger partial charge >= 0.3 is 5.97 Å². The number of aliphatic imine (C=N–C) groups is 1. The van der Waals surface area contributed by atoms with Gasteiger partial charge in [-0.3, -0.25) is 19.6 Å². The largest absolute Gasteiger partial charge is 0.480 e. The minimum absolute atomic E-state index is 0.0484. The van der Waals surface area contributed by atoms with Gasteiger partial charge in [0, 0.05) is 29.7 Å². The van der Waals surface area contributed by atoms with Crippen LogP contribution in [-0.4, -0.2) is 46.4 Å². The van der Waals surface area contributed by atoms with Crippen molar-refractivity contribution < 1.29 is 19.5 Å². The van der Waals surface area contributed by atoms with Gasteiger partial charge in [-0.2, -0.15) is 0 Å². The van der Waals surface area contributed by atoms with Crippen molar-refractivity contribution in [1.82, 2.24) is 15.8 Å². The molecule has 7 N–H and O–H groups in total. The average molecular weight is 523 g/mol. The molecule has 0 aromatic heterocycles. The van der Waals surface area contributed by atoms with Crippen molar-refractivity contribution in [2.75, 3.05) is 6.54 Å². The van der Waals surface area contributed by atoms with Crippen LogP contribution in [0.1, 0.15) is 30.4 Å². The van der Waals surface area contributed by atoms with Gasteiger partial charge in [0.05, 0.1) is 0 Å². The van der Waals surface area contributed by atoms with Crippen molar-refractivity contribution in [1.29, 1.82) is 0 Å². The summed E-state index contributed by atoms with van der Waals surface area (Å²) in [5.41, 5.74) is 14.9. The van der Waals surface area contributed by atoms with Gasteiger partial charge in [0.25, 0.3) is 0 Å². The second-order valence-electron chi connectivity index (χ2n) is 7.62. The lowest BCUT2D eigenvalue weighted by atomic mass is 10.1. The van der Waals surface area contributed by atoms with Crippen LogP contribution >= 0.6 is 23.2 Å². The second kappa shape index (κ2) is 14.1. The fourth-order valence-corrected chi connectivity index (χ4v) is 3.77. The van der Waals surface area contributed by atoms with Gasteiger partial charge in [0.15, 0.2) is 5.96 Å². The van der Waals surface area contributed by atoms with Crippen molar-refractivity contribution in [3.8, 4) is 0 Å². The summed E-state index contributed by atoms with van der Waals surface area (Å²) in [5.74, 6) is -2.61. The Morgan fingerprint density at radius 2 is 1.66 bits per heavy atom. The van der Waals surface area contributed by atoms with E-state index in [0.717, 1.165) is 10.6 Å². The number of rotatable bonds is 13. The second-order valence-corrected chi connectivity index (χ2v) is 8.49. The highest BCUT2D eigenvalue weighted by molar-refractivity contribution is 6.34. The summed E-state index contributed by atoms with van der Waals surface area (Å²) in [4.78, 5) is 41.3. The molecule has 12 heteroatoms. The Morgan fingerprint density at radius 3 is 2.26 bits per heavy atom. The zero-order valence-electron chi connectivity index (χ0n) is 18.9. The molecule has 0 unspecified atom stereocenters. The van der Waals surface area contributed by atoms with E-state index in [4.69, 9.17) is 34.7 Å². The maximum atomic E-state index is 13.0. The van der Waals surface area contributed by atoms with Crippen LogP contribution in [-0.2, 0) is 27.5 Å². The first-order valence-corrected chi connectivity index (χ1v) is 11.5. The molecule has 2 rings (SSSR count). The average Bonchev–Trinajstić information content (AvgIpc) is 2.78. The number of benzene rings is 2. The molecule has 2 aromatic carbocycles. The van der Waals surface area contributed by atoms with Crippen LogP contribution in [0.15, 0.2) is 53.5 Å². The number of hydrogen-bond donors (Lipinski definition) is 5. The number of nitrogens with zero attached hydrogens (tertiary/aromatic N) is 2. The molecule has 0 aliphatic heterocycles. The summed E-state index contributed by atoms with van der Waals surface area (Å²) in [5, 5.41) is 14.2. The van der Waals surface area contributed by atoms with E-state index < -0.39 is 30.2 Å². The molecule has 0 aliphatic rings. The van der Waals surface area contributed by atoms with Gasteiger partial charge in [-0.05, 0) is 42.2 Å². The Labute approximate surface area is 213 Å². The molecular formula is C23H28Cl2N6O4. The van der Waals surface area contributed by atoms with Gasteiger partial charge in [-0.15, -0.1) is 0 Å². The van der Waals surface area contributed by atoms with Crippen molar-refractivity contribution in [3.63, 3.8) is 0 Å². The summed E-state index contributed by atoms with van der Waals surface area (Å²) in [6.45, 7) is 0.479. The van der Waals surface area contributed by atoms with Crippen molar-refractivity contribution in [3.05, 3.63) is 69.7 Å². The van der Waals surface area contributed by atoms with E-state index in [1.54, 1.807) is 18.2 Å². The number of nitrogens with one attached hydrogen (secondary N) is 2. The zero-order chi connectivity index (χ0) is 25.8. The van der Waals surface area contributed by atoms with Crippen LogP contribution in [0.4, 0.5) is 0 Å². The molecular weight excluding hydrogens is 495 g/mol. The minimum atomic E-state index is -1.27. The molecule has 0 heterocycles. The maximum Gasteiger partial charge on any atom is 0.328 e. The number of hydrogen-bond acceptors (Lipinski definition) is 5. The van der Waals surface area contributed by atoms with E-state index in [0.29, 0.717) is 22.0 Å². The first-order chi connectivity index (χ1) is 16.7. The highest BCUT2D eigenvalue weighted by atomic mass is 35.5. The van der Waals surface area contributed by atoms with Crippen molar-refractivity contribution in [2.24, 2.45) is 16.5 Å². The number of halogens is 2. The summed E-state index contributed by atoms with van der Waals surface area (Å²) in [7, 11) is 0. The SMILES string of the molecule is NC(N)=NCCC[C@@H](C(=O)O)N(NCc1cc(Cl)cc(Cl)c1)C(=O)CC(=O)NCc1ccccc1. The summed E-state index contributed by atoms with van der Waals surface area (Å²) < 4.78 is 0. The standard InChI is InChI=1S/C23H28Cl2N6O4/c24-17-9-16(10-18(25)11-17)14-30-31(19(22(34)35)7-4-8-28-23(26)27)21(33)12-20(32)29-13-15-5-2-1-3-6-15/h1-3,5-6,9-11,19,30H,4,7-8,12-14H2,(H,29,32)(H,34,35)(H4,26,27,28)/t19-/m0/s1. The Balaban J connectivity index is 2.12. The molecule has 0 radical (unpaired) electrons. The fourth-order valence-electron chi connectivity index (χ4n) is 3.20. The van der Waals surface area contributed by atoms with Crippen LogP contribution in [0.3, 0.4) is 0 Å². The molecule has 0 spiro atoms. The van der Waals surface area contributed by atoms with Crippen LogP contribution in [0.5, 0.6) is 0 Å². The quantitative estimate of drug-likeness (QED) is 0.0882. The molecule has 188 valence electrons.